The fourth-order valence-corrected chi connectivity index (χ4v) is 9.87. The number of hydrogen-bond acceptors (Lipinski definition) is 5. The van der Waals surface area contributed by atoms with E-state index < -0.39 is 20.0 Å². The molecule has 0 aliphatic rings. The Balaban J connectivity index is 4.12. The van der Waals surface area contributed by atoms with E-state index in [4.69, 9.17) is 9.05 Å². The molecule has 1 amide bonds. The molecule has 0 spiro atoms. The van der Waals surface area contributed by atoms with Crippen molar-refractivity contribution in [3.8, 4) is 0 Å². The number of nitrogens with one attached hydrogen (secondary N) is 1. The fourth-order valence-electron chi connectivity index (χ4n) is 9.13. The van der Waals surface area contributed by atoms with Crippen LogP contribution in [-0.2, 0) is 18.4 Å². The standard InChI is InChI=1S/C71H125N2O6P/c1-6-8-10-12-14-16-18-20-22-24-26-27-28-29-30-31-32-33-34-35-36-37-38-39-40-41-42-43-44-45-47-49-51-53-55-57-59-61-63-65-71(75)72-69(68-79-80(76,77)78-67-66-73(3,4)5)70(74)64-62-60-58-56-54-52-50-48-46-25-23-21-19-17-15-13-11-9-7-2/h8,10,14,16,20,22,26-27,29-30,32-33,35-36,38-39,41-42,44-45,69-70,74H,6-7,9,11-13,15,17-19,21,23-25,28,31,34,37,40,43,46-68H2,1-5H3,(H-,72,75,76,77)/p+1/b10-8-,16-14-,22-20-,27-26-,30-29-,33-32-,36-35-,39-38-,42-41-,45-44-. The number of amides is 1. The van der Waals surface area contributed by atoms with Gasteiger partial charge >= 0.3 is 7.82 Å². The fraction of sp³-hybridized carbons (Fsp3) is 0.704. The first-order valence-corrected chi connectivity index (χ1v) is 34.4. The summed E-state index contributed by atoms with van der Waals surface area (Å²) in [6.45, 7) is 4.78. The van der Waals surface area contributed by atoms with Crippen LogP contribution in [0, 0.1) is 0 Å². The van der Waals surface area contributed by atoms with E-state index in [1.807, 2.05) is 21.1 Å². The Labute approximate surface area is 494 Å². The molecule has 0 saturated heterocycles. The lowest BCUT2D eigenvalue weighted by atomic mass is 10.0. The van der Waals surface area contributed by atoms with Crippen LogP contribution >= 0.6 is 7.82 Å². The molecule has 3 N–H and O–H groups in total. The Kier molecular flexibility index (Phi) is 58.1. The third-order valence-electron chi connectivity index (χ3n) is 14.2. The largest absolute Gasteiger partial charge is 0.472 e. The molecule has 80 heavy (non-hydrogen) atoms. The van der Waals surface area contributed by atoms with Gasteiger partial charge in [0, 0.05) is 6.42 Å². The number of phosphoric ester groups is 1. The summed E-state index contributed by atoms with van der Waals surface area (Å²) >= 11 is 0. The highest BCUT2D eigenvalue weighted by molar-refractivity contribution is 7.47. The highest BCUT2D eigenvalue weighted by atomic mass is 31.2. The second-order valence-corrected chi connectivity index (χ2v) is 24.6. The van der Waals surface area contributed by atoms with Crippen molar-refractivity contribution in [3.05, 3.63) is 122 Å². The summed E-state index contributed by atoms with van der Waals surface area (Å²) in [7, 11) is 1.60. The summed E-state index contributed by atoms with van der Waals surface area (Å²) in [5.74, 6) is -0.155. The van der Waals surface area contributed by atoms with Crippen molar-refractivity contribution in [2.24, 2.45) is 0 Å². The van der Waals surface area contributed by atoms with Crippen LogP contribution in [0.4, 0.5) is 0 Å². The molecule has 0 aliphatic heterocycles. The van der Waals surface area contributed by atoms with E-state index in [2.05, 4.69) is 141 Å². The maximum absolute atomic E-state index is 13.0. The van der Waals surface area contributed by atoms with Crippen LogP contribution in [0.1, 0.15) is 271 Å². The highest BCUT2D eigenvalue weighted by Crippen LogP contribution is 2.43. The van der Waals surface area contributed by atoms with Gasteiger partial charge in [-0.2, -0.15) is 0 Å². The SMILES string of the molecule is CC/C=C\C/C=C\C/C=C\C/C=C\C/C=C\C/C=C\C/C=C\C/C=C\C/C=C\C/C=C\CCCCCCCCCCC(=O)NC(COP(=O)(O)OCC[N+](C)(C)C)C(O)CCCCCCCCCCCCCCCCCCCCC. The molecule has 3 unspecified atom stereocenters. The third-order valence-corrected chi connectivity index (χ3v) is 15.2. The molecular formula is C71H126N2O6P+. The number of hydrogen-bond donors (Lipinski definition) is 3. The van der Waals surface area contributed by atoms with Gasteiger partial charge in [-0.05, 0) is 89.9 Å². The van der Waals surface area contributed by atoms with Gasteiger partial charge in [-0.1, -0.05) is 296 Å². The maximum atomic E-state index is 13.0. The molecule has 0 aromatic rings. The second-order valence-electron chi connectivity index (χ2n) is 23.1. The molecular weight excluding hydrogens is 1010 g/mol. The van der Waals surface area contributed by atoms with Crippen molar-refractivity contribution in [3.63, 3.8) is 0 Å². The predicted molar refractivity (Wildman–Crippen MR) is 350 cm³/mol. The van der Waals surface area contributed by atoms with Crippen LogP contribution in [-0.4, -0.2) is 73.4 Å². The topological polar surface area (TPSA) is 105 Å². The minimum atomic E-state index is -4.34. The average molecular weight is 1130 g/mol. The molecule has 460 valence electrons. The molecule has 0 aliphatic carbocycles. The zero-order valence-corrected chi connectivity index (χ0v) is 53.4. The number of carbonyl (C=O) groups is 1. The summed E-state index contributed by atoms with van der Waals surface area (Å²) in [5.41, 5.74) is 0. The van der Waals surface area contributed by atoms with Gasteiger partial charge in [-0.3, -0.25) is 13.8 Å². The van der Waals surface area contributed by atoms with Gasteiger partial charge in [0.15, 0.2) is 0 Å². The number of likely N-dealkylation sites (N-methyl/N-ethyl adjacent to an activating group) is 1. The Morgan fingerprint density at radius 3 is 1.10 bits per heavy atom. The van der Waals surface area contributed by atoms with Gasteiger partial charge < -0.3 is 19.8 Å². The number of aliphatic hydroxyl groups is 1. The van der Waals surface area contributed by atoms with Crippen LogP contribution < -0.4 is 5.32 Å². The van der Waals surface area contributed by atoms with Gasteiger partial charge in [0.05, 0.1) is 39.9 Å². The number of unbranched alkanes of at least 4 members (excludes halogenated alkanes) is 26. The van der Waals surface area contributed by atoms with Crippen molar-refractivity contribution >= 4 is 13.7 Å². The zero-order chi connectivity index (χ0) is 58.4. The van der Waals surface area contributed by atoms with E-state index in [0.29, 0.717) is 23.9 Å². The predicted octanol–water partition coefficient (Wildman–Crippen LogP) is 20.9. The lowest BCUT2D eigenvalue weighted by Gasteiger charge is -2.26. The summed E-state index contributed by atoms with van der Waals surface area (Å²) in [4.78, 5) is 23.4. The maximum Gasteiger partial charge on any atom is 0.472 e. The first-order chi connectivity index (χ1) is 39.0. The smallest absolute Gasteiger partial charge is 0.391 e. The number of aliphatic hydroxyl groups excluding tert-OH is 1. The van der Waals surface area contributed by atoms with Crippen LogP contribution in [0.15, 0.2) is 122 Å². The summed E-state index contributed by atoms with van der Waals surface area (Å²) in [6, 6.07) is -0.774. The number of quaternary nitrogens is 1. The van der Waals surface area contributed by atoms with Crippen LogP contribution in [0.25, 0.3) is 0 Å². The number of carbonyl (C=O) groups excluding carboxylic acids is 1. The number of allylic oxidation sites excluding steroid dienone is 20. The van der Waals surface area contributed by atoms with Crippen molar-refractivity contribution in [2.75, 3.05) is 40.9 Å². The number of phosphoric acid groups is 1. The van der Waals surface area contributed by atoms with Gasteiger partial charge in [0.2, 0.25) is 5.91 Å². The van der Waals surface area contributed by atoms with E-state index in [1.54, 1.807) is 0 Å². The summed E-state index contributed by atoms with van der Waals surface area (Å²) in [5, 5.41) is 14.1. The van der Waals surface area contributed by atoms with Crippen LogP contribution in [0.5, 0.6) is 0 Å². The van der Waals surface area contributed by atoms with E-state index in [9.17, 15) is 19.4 Å². The normalized spacial score (nSPS) is 14.5. The Morgan fingerprint density at radius 1 is 0.438 bits per heavy atom. The molecule has 0 saturated carbocycles. The van der Waals surface area contributed by atoms with Crippen molar-refractivity contribution in [1.82, 2.24) is 5.32 Å². The minimum Gasteiger partial charge on any atom is -0.391 e. The van der Waals surface area contributed by atoms with Gasteiger partial charge in [0.25, 0.3) is 0 Å². The first kappa shape index (κ1) is 76.9. The van der Waals surface area contributed by atoms with Gasteiger partial charge in [-0.25, -0.2) is 4.57 Å². The molecule has 0 rings (SSSR count). The van der Waals surface area contributed by atoms with E-state index in [0.717, 1.165) is 109 Å². The quantitative estimate of drug-likeness (QED) is 0.0243. The molecule has 0 aromatic carbocycles. The molecule has 8 nitrogen and oxygen atoms in total. The minimum absolute atomic E-state index is 0.0678. The average Bonchev–Trinajstić information content (AvgIpc) is 3.42. The van der Waals surface area contributed by atoms with Gasteiger partial charge in [0.1, 0.15) is 13.2 Å². The highest BCUT2D eigenvalue weighted by Gasteiger charge is 2.28. The Hall–Kier alpha value is -3.10. The van der Waals surface area contributed by atoms with Crippen LogP contribution in [0.3, 0.4) is 0 Å². The Bertz CT molecular complexity index is 1720. The van der Waals surface area contributed by atoms with Gasteiger partial charge in [-0.15, -0.1) is 0 Å². The van der Waals surface area contributed by atoms with Crippen molar-refractivity contribution in [1.29, 1.82) is 0 Å². The lowest BCUT2D eigenvalue weighted by Crippen LogP contribution is -2.46. The molecule has 0 aromatic heterocycles. The molecule has 0 heterocycles. The Morgan fingerprint density at radius 2 is 0.750 bits per heavy atom. The monoisotopic (exact) mass is 1130 g/mol. The van der Waals surface area contributed by atoms with E-state index >= 15 is 0 Å². The van der Waals surface area contributed by atoms with Crippen molar-refractivity contribution < 1.29 is 32.9 Å². The summed E-state index contributed by atoms with van der Waals surface area (Å²) < 4.78 is 23.8. The zero-order valence-electron chi connectivity index (χ0n) is 52.5. The molecule has 0 radical (unpaired) electrons. The molecule has 0 fully saturated rings. The van der Waals surface area contributed by atoms with E-state index in [-0.39, 0.29) is 19.1 Å². The number of rotatable bonds is 59. The second kappa shape index (κ2) is 60.5. The molecule has 9 heteroatoms. The molecule has 3 atom stereocenters. The third kappa shape index (κ3) is 62.5. The molecule has 0 bridgehead atoms. The van der Waals surface area contributed by atoms with Crippen molar-refractivity contribution in [2.45, 2.75) is 283 Å². The van der Waals surface area contributed by atoms with E-state index in [1.165, 1.54) is 135 Å². The van der Waals surface area contributed by atoms with Crippen LogP contribution in [0.2, 0.25) is 0 Å². The lowest BCUT2D eigenvalue weighted by molar-refractivity contribution is -0.870. The summed E-state index contributed by atoms with van der Waals surface area (Å²) in [6.07, 6.45) is 89.9. The first-order valence-electron chi connectivity index (χ1n) is 32.9. The number of nitrogens with zero attached hydrogens (tertiary/aromatic N) is 1.